The fourth-order valence-electron chi connectivity index (χ4n) is 1.46. The number of aryl methyl sites for hydroxylation is 1. The summed E-state index contributed by atoms with van der Waals surface area (Å²) in [4.78, 5) is 11.0. The van der Waals surface area contributed by atoms with Crippen molar-refractivity contribution in [3.63, 3.8) is 0 Å². The van der Waals surface area contributed by atoms with Crippen molar-refractivity contribution in [3.05, 3.63) is 17.0 Å². The molecule has 5 nitrogen and oxygen atoms in total. The molecule has 6 heteroatoms. The van der Waals surface area contributed by atoms with Gasteiger partial charge in [-0.15, -0.1) is 0 Å². The Hall–Kier alpha value is -1.07. The van der Waals surface area contributed by atoms with Gasteiger partial charge in [-0.3, -0.25) is 0 Å². The molecule has 0 aromatic carbocycles. The van der Waals surface area contributed by atoms with E-state index in [0.29, 0.717) is 11.5 Å². The summed E-state index contributed by atoms with van der Waals surface area (Å²) in [6, 6.07) is -0.140. The van der Waals surface area contributed by atoms with Crippen LogP contribution < -0.4 is 18.1 Å². The maximum atomic E-state index is 11.0. The van der Waals surface area contributed by atoms with E-state index in [1.54, 1.807) is 6.92 Å². The summed E-state index contributed by atoms with van der Waals surface area (Å²) in [7, 11) is 0. The van der Waals surface area contributed by atoms with Crippen LogP contribution in [0.15, 0.2) is 4.52 Å². The van der Waals surface area contributed by atoms with Crippen LogP contribution in [0.5, 0.6) is 0 Å². The molecule has 1 aromatic rings. The predicted octanol–water partition coefficient (Wildman–Crippen LogP) is -1.99. The lowest BCUT2D eigenvalue weighted by molar-refractivity contribution is -0.440. The molecule has 1 aromatic heterocycles. The average molecular weight is 249 g/mol. The van der Waals surface area contributed by atoms with E-state index in [0.717, 1.165) is 6.42 Å². The summed E-state index contributed by atoms with van der Waals surface area (Å²) in [5.74, 6) is -0.372. The molecule has 0 aliphatic rings. The topological polar surface area (TPSA) is 91.0 Å². The Morgan fingerprint density at radius 1 is 1.62 bits per heavy atom. The van der Waals surface area contributed by atoms with Crippen molar-refractivity contribution in [2.45, 2.75) is 33.2 Å². The minimum atomic E-state index is -0.999. The molecule has 2 atom stereocenters. The average Bonchev–Trinajstić information content (AvgIpc) is 2.57. The van der Waals surface area contributed by atoms with Crippen LogP contribution in [0.3, 0.4) is 0 Å². The lowest BCUT2D eigenvalue weighted by atomic mass is 9.94. The molecule has 0 saturated carbocycles. The minimum Gasteiger partial charge on any atom is -1.00 e. The number of aromatic carboxylic acids is 1. The number of carboxylic acid groups (broad SMARTS) is 1. The van der Waals surface area contributed by atoms with Crippen molar-refractivity contribution < 1.29 is 32.6 Å². The van der Waals surface area contributed by atoms with Gasteiger partial charge in [-0.05, 0) is 13.3 Å². The first-order valence-electron chi connectivity index (χ1n) is 5.01. The van der Waals surface area contributed by atoms with Crippen molar-refractivity contribution in [1.29, 1.82) is 0 Å². The Balaban J connectivity index is 0.00000225. The first-order chi connectivity index (χ1) is 6.99. The van der Waals surface area contributed by atoms with Crippen molar-refractivity contribution >= 4 is 5.97 Å². The molecule has 4 N–H and O–H groups in total. The van der Waals surface area contributed by atoms with E-state index >= 15 is 0 Å². The largest absolute Gasteiger partial charge is 1.00 e. The smallest absolute Gasteiger partial charge is 0.341 e. The third kappa shape index (κ3) is 2.74. The fourth-order valence-corrected chi connectivity index (χ4v) is 1.46. The van der Waals surface area contributed by atoms with Gasteiger partial charge in [0.1, 0.15) is 17.4 Å². The molecule has 1 heterocycles. The molecule has 0 unspecified atom stereocenters. The first-order valence-corrected chi connectivity index (χ1v) is 5.01. The van der Waals surface area contributed by atoms with Crippen molar-refractivity contribution in [1.82, 2.24) is 5.16 Å². The highest BCUT2D eigenvalue weighted by Gasteiger charge is 2.29. The van der Waals surface area contributed by atoms with Crippen molar-refractivity contribution in [3.8, 4) is 0 Å². The summed E-state index contributed by atoms with van der Waals surface area (Å²) in [6.07, 6.45) is 0.930. The van der Waals surface area contributed by atoms with Crippen molar-refractivity contribution in [2.24, 2.45) is 5.92 Å². The van der Waals surface area contributed by atoms with Gasteiger partial charge in [-0.2, -0.15) is 0 Å². The number of aromatic nitrogens is 1. The van der Waals surface area contributed by atoms with E-state index in [2.05, 4.69) is 10.9 Å². The van der Waals surface area contributed by atoms with Gasteiger partial charge in [-0.1, -0.05) is 19.0 Å². The Morgan fingerprint density at radius 3 is 2.62 bits per heavy atom. The molecule has 92 valence electrons. The molecule has 0 fully saturated rings. The van der Waals surface area contributed by atoms with E-state index in [1.807, 2.05) is 13.8 Å². The number of hydrogen-bond donors (Lipinski definition) is 2. The van der Waals surface area contributed by atoms with Gasteiger partial charge < -0.3 is 27.8 Å². The zero-order valence-electron chi connectivity index (χ0n) is 9.66. The zero-order chi connectivity index (χ0) is 11.6. The Labute approximate surface area is 100 Å². The molecular weight excluding hydrogens is 232 g/mol. The number of nitrogens with zero attached hydrogens (tertiary/aromatic N) is 1. The first kappa shape index (κ1) is 14.9. The van der Waals surface area contributed by atoms with Gasteiger partial charge in [0, 0.05) is 5.92 Å². The van der Waals surface area contributed by atoms with Gasteiger partial charge in [0.25, 0.3) is 0 Å². The normalized spacial score (nSPS) is 14.0. The van der Waals surface area contributed by atoms with Gasteiger partial charge in [0.2, 0.25) is 0 Å². The van der Waals surface area contributed by atoms with Gasteiger partial charge >= 0.3 is 5.97 Å². The number of hydrogen-bond acceptors (Lipinski definition) is 3. The number of quaternary nitrogens is 1. The molecule has 0 radical (unpaired) electrons. The molecule has 0 amide bonds. The summed E-state index contributed by atoms with van der Waals surface area (Å²) in [5, 5.41) is 12.8. The van der Waals surface area contributed by atoms with Gasteiger partial charge in [-0.25, -0.2) is 4.79 Å². The second-order valence-electron chi connectivity index (χ2n) is 3.80. The van der Waals surface area contributed by atoms with Crippen LogP contribution in [0.2, 0.25) is 0 Å². The number of carbonyl (C=O) groups is 1. The van der Waals surface area contributed by atoms with Crippen LogP contribution in [0.25, 0.3) is 0 Å². The molecule has 1 rings (SSSR count). The Morgan fingerprint density at radius 2 is 2.19 bits per heavy atom. The molecule has 16 heavy (non-hydrogen) atoms. The molecular formula is C10H17ClN2O3. The van der Waals surface area contributed by atoms with E-state index in [9.17, 15) is 4.79 Å². The second-order valence-corrected chi connectivity index (χ2v) is 3.80. The van der Waals surface area contributed by atoms with Crippen LogP contribution in [0.4, 0.5) is 0 Å². The lowest BCUT2D eigenvalue weighted by Gasteiger charge is -2.12. The fraction of sp³-hybridized carbons (Fsp3) is 0.600. The highest BCUT2D eigenvalue weighted by atomic mass is 35.5. The molecule has 0 saturated heterocycles. The van der Waals surface area contributed by atoms with Gasteiger partial charge in [0.15, 0.2) is 5.69 Å². The quantitative estimate of drug-likeness (QED) is 0.646. The third-order valence-corrected chi connectivity index (χ3v) is 2.79. The molecule has 0 aliphatic carbocycles. The van der Waals surface area contributed by atoms with E-state index in [1.165, 1.54) is 0 Å². The Kier molecular flexibility index (Phi) is 5.47. The molecule has 0 spiro atoms. The van der Waals surface area contributed by atoms with Crippen LogP contribution in [-0.4, -0.2) is 16.2 Å². The van der Waals surface area contributed by atoms with Crippen LogP contribution >= 0.6 is 0 Å². The number of carboxylic acids is 1. The van der Waals surface area contributed by atoms with E-state index < -0.39 is 5.97 Å². The van der Waals surface area contributed by atoms with Crippen LogP contribution in [0.1, 0.15) is 48.1 Å². The maximum absolute atomic E-state index is 11.0. The summed E-state index contributed by atoms with van der Waals surface area (Å²) < 4.78 is 4.90. The predicted molar refractivity (Wildman–Crippen MR) is 53.3 cm³/mol. The number of rotatable bonds is 4. The highest BCUT2D eigenvalue weighted by molar-refractivity contribution is 5.89. The van der Waals surface area contributed by atoms with Crippen LogP contribution in [0, 0.1) is 12.8 Å². The SMILES string of the molecule is CC[C@H](C)[C@H]([NH3+])c1noc(C)c1C(=O)O.[Cl-]. The van der Waals surface area contributed by atoms with E-state index in [4.69, 9.17) is 9.63 Å². The Bertz CT molecular complexity index is 365. The van der Waals surface area contributed by atoms with Gasteiger partial charge in [0.05, 0.1) is 0 Å². The molecule has 0 bridgehead atoms. The molecule has 0 aliphatic heterocycles. The third-order valence-electron chi connectivity index (χ3n) is 2.79. The lowest BCUT2D eigenvalue weighted by Crippen LogP contribution is -3.00. The maximum Gasteiger partial charge on any atom is 0.341 e. The highest BCUT2D eigenvalue weighted by Crippen LogP contribution is 2.24. The summed E-state index contributed by atoms with van der Waals surface area (Å²) >= 11 is 0. The van der Waals surface area contributed by atoms with Crippen LogP contribution in [-0.2, 0) is 0 Å². The monoisotopic (exact) mass is 248 g/mol. The minimum absolute atomic E-state index is 0. The van der Waals surface area contributed by atoms with E-state index in [-0.39, 0.29) is 29.9 Å². The second kappa shape index (κ2) is 5.86. The summed E-state index contributed by atoms with van der Waals surface area (Å²) in [6.45, 7) is 5.66. The standard InChI is InChI=1S/C10H16N2O3.ClH/c1-4-5(2)8(11)9-7(10(13)14)6(3)15-12-9;/h5,8H,4,11H2,1-3H3,(H,13,14);1H/t5-,8-;/m0./s1. The number of halogens is 1. The van der Waals surface area contributed by atoms with Crippen molar-refractivity contribution in [2.75, 3.05) is 0 Å². The summed E-state index contributed by atoms with van der Waals surface area (Å²) in [5.41, 5.74) is 4.57. The zero-order valence-corrected chi connectivity index (χ0v) is 10.4.